The van der Waals surface area contributed by atoms with Crippen LogP contribution in [-0.2, 0) is 6.42 Å². The Morgan fingerprint density at radius 1 is 1.15 bits per heavy atom. The molecule has 0 spiro atoms. The molecule has 1 aromatic carbocycles. The fraction of sp³-hybridized carbons (Fsp3) is 0.400. The van der Waals surface area contributed by atoms with Gasteiger partial charge in [0.25, 0.3) is 0 Å². The van der Waals surface area contributed by atoms with Gasteiger partial charge in [-0.2, -0.15) is 0 Å². The number of hydrogen-bond donors (Lipinski definition) is 1. The van der Waals surface area contributed by atoms with Gasteiger partial charge in [-0.3, -0.25) is 4.98 Å². The number of carbonyl (C=O) groups excluding carboxylic acids is 1. The van der Waals surface area contributed by atoms with Gasteiger partial charge in [-0.25, -0.2) is 4.79 Å². The van der Waals surface area contributed by atoms with E-state index in [0.717, 1.165) is 42.7 Å². The number of benzene rings is 1. The second-order valence-electron chi connectivity index (χ2n) is 6.70. The van der Waals surface area contributed by atoms with Crippen LogP contribution < -0.4 is 10.2 Å². The van der Waals surface area contributed by atoms with E-state index < -0.39 is 0 Å². The first-order valence-electron chi connectivity index (χ1n) is 9.19. The van der Waals surface area contributed by atoms with Gasteiger partial charge >= 0.3 is 6.03 Å². The second-order valence-corrected chi connectivity index (χ2v) is 7.52. The number of carbonyl (C=O) groups is 1. The average Bonchev–Trinajstić information content (AvgIpc) is 2.90. The van der Waals surface area contributed by atoms with Crippen molar-refractivity contribution in [3.05, 3.63) is 51.8 Å². The van der Waals surface area contributed by atoms with Crippen LogP contribution in [0.1, 0.15) is 24.5 Å². The van der Waals surface area contributed by atoms with E-state index >= 15 is 0 Å². The predicted molar refractivity (Wildman–Crippen MR) is 112 cm³/mol. The molecule has 0 aliphatic carbocycles. The van der Waals surface area contributed by atoms with Crippen LogP contribution in [-0.4, -0.2) is 42.1 Å². The van der Waals surface area contributed by atoms with Crippen molar-refractivity contribution < 1.29 is 4.79 Å². The number of anilines is 2. The number of hydrogen-bond acceptors (Lipinski definition) is 3. The molecule has 1 aliphatic heterocycles. The third-order valence-corrected chi connectivity index (χ3v) is 5.54. The predicted octanol–water partition coefficient (Wildman–Crippen LogP) is 5.00. The van der Waals surface area contributed by atoms with Crippen molar-refractivity contribution in [1.29, 1.82) is 0 Å². The molecule has 1 fully saturated rings. The van der Waals surface area contributed by atoms with Gasteiger partial charge in [0.1, 0.15) is 0 Å². The number of halogens is 2. The molecule has 7 heteroatoms. The second kappa shape index (κ2) is 8.81. The first-order chi connectivity index (χ1) is 13.0. The number of amides is 2. The van der Waals surface area contributed by atoms with Crippen LogP contribution in [0.3, 0.4) is 0 Å². The van der Waals surface area contributed by atoms with Gasteiger partial charge in [0.2, 0.25) is 0 Å². The molecule has 5 nitrogen and oxygen atoms in total. The molecule has 1 N–H and O–H groups in total. The van der Waals surface area contributed by atoms with E-state index in [1.165, 1.54) is 0 Å². The fourth-order valence-corrected chi connectivity index (χ4v) is 3.78. The van der Waals surface area contributed by atoms with Gasteiger partial charge in [-0.15, -0.1) is 0 Å². The van der Waals surface area contributed by atoms with Crippen LogP contribution in [0.25, 0.3) is 0 Å². The molecule has 2 aromatic rings. The number of urea groups is 1. The molecule has 1 aromatic heterocycles. The van der Waals surface area contributed by atoms with Crippen LogP contribution in [0.5, 0.6) is 0 Å². The SMILES string of the molecule is CCc1cncc(Cl)c1N1CCCN(C(=O)Nc2ccc(C)c(Cl)c2)CC1. The summed E-state index contributed by atoms with van der Waals surface area (Å²) in [6.45, 7) is 6.96. The number of aryl methyl sites for hydroxylation is 2. The van der Waals surface area contributed by atoms with Crippen molar-refractivity contribution in [2.24, 2.45) is 0 Å². The first kappa shape index (κ1) is 19.8. The molecule has 0 radical (unpaired) electrons. The highest BCUT2D eigenvalue weighted by molar-refractivity contribution is 6.33. The topological polar surface area (TPSA) is 48.5 Å². The lowest BCUT2D eigenvalue weighted by atomic mass is 10.1. The Labute approximate surface area is 170 Å². The molecule has 1 saturated heterocycles. The third kappa shape index (κ3) is 4.66. The summed E-state index contributed by atoms with van der Waals surface area (Å²) in [5, 5.41) is 4.26. The van der Waals surface area contributed by atoms with Gasteiger partial charge in [-0.1, -0.05) is 36.2 Å². The van der Waals surface area contributed by atoms with E-state index in [1.54, 1.807) is 12.3 Å². The van der Waals surface area contributed by atoms with Crippen molar-refractivity contribution in [1.82, 2.24) is 9.88 Å². The van der Waals surface area contributed by atoms with Gasteiger partial charge in [0, 0.05) is 49.3 Å². The Morgan fingerprint density at radius 2 is 1.96 bits per heavy atom. The van der Waals surface area contributed by atoms with E-state index in [9.17, 15) is 4.79 Å². The molecule has 0 bridgehead atoms. The van der Waals surface area contributed by atoms with Gasteiger partial charge in [-0.05, 0) is 43.0 Å². The summed E-state index contributed by atoms with van der Waals surface area (Å²) in [5.41, 5.74) is 3.87. The van der Waals surface area contributed by atoms with E-state index in [0.29, 0.717) is 28.8 Å². The molecule has 0 saturated carbocycles. The fourth-order valence-electron chi connectivity index (χ4n) is 3.30. The van der Waals surface area contributed by atoms with E-state index in [1.807, 2.05) is 30.2 Å². The highest BCUT2D eigenvalue weighted by atomic mass is 35.5. The largest absolute Gasteiger partial charge is 0.368 e. The standard InChI is InChI=1S/C20H24Cl2N4O/c1-3-15-12-23-13-18(22)19(15)25-7-4-8-26(10-9-25)20(27)24-16-6-5-14(2)17(21)11-16/h5-6,11-13H,3-4,7-10H2,1-2H3,(H,24,27). The maximum absolute atomic E-state index is 12.7. The molecule has 27 heavy (non-hydrogen) atoms. The quantitative estimate of drug-likeness (QED) is 0.779. The van der Waals surface area contributed by atoms with E-state index in [4.69, 9.17) is 23.2 Å². The van der Waals surface area contributed by atoms with Crippen LogP contribution >= 0.6 is 23.2 Å². The highest BCUT2D eigenvalue weighted by Gasteiger charge is 2.22. The highest BCUT2D eigenvalue weighted by Crippen LogP contribution is 2.30. The maximum atomic E-state index is 12.7. The number of pyridine rings is 1. The van der Waals surface area contributed by atoms with Gasteiger partial charge in [0.05, 0.1) is 10.7 Å². The van der Waals surface area contributed by atoms with E-state index in [-0.39, 0.29) is 6.03 Å². The Kier molecular flexibility index (Phi) is 6.45. The lowest BCUT2D eigenvalue weighted by molar-refractivity contribution is 0.215. The summed E-state index contributed by atoms with van der Waals surface area (Å²) in [4.78, 5) is 21.0. The van der Waals surface area contributed by atoms with Crippen LogP contribution in [0.4, 0.5) is 16.2 Å². The lowest BCUT2D eigenvalue weighted by Gasteiger charge is -2.26. The van der Waals surface area contributed by atoms with E-state index in [2.05, 4.69) is 22.1 Å². The molecular formula is C20H24Cl2N4O. The minimum Gasteiger partial charge on any atom is -0.368 e. The molecule has 3 rings (SSSR count). The Morgan fingerprint density at radius 3 is 2.70 bits per heavy atom. The minimum absolute atomic E-state index is 0.103. The van der Waals surface area contributed by atoms with Crippen molar-refractivity contribution in [2.75, 3.05) is 36.4 Å². The molecular weight excluding hydrogens is 383 g/mol. The zero-order chi connectivity index (χ0) is 19.4. The summed E-state index contributed by atoms with van der Waals surface area (Å²) in [5.74, 6) is 0. The monoisotopic (exact) mass is 406 g/mol. The van der Waals surface area contributed by atoms with Gasteiger partial charge < -0.3 is 15.1 Å². The molecule has 1 aliphatic rings. The van der Waals surface area contributed by atoms with Crippen LogP contribution in [0, 0.1) is 6.92 Å². The number of nitrogens with zero attached hydrogens (tertiary/aromatic N) is 3. The molecule has 2 heterocycles. The average molecular weight is 407 g/mol. The van der Waals surface area contributed by atoms with Crippen molar-refractivity contribution >= 4 is 40.6 Å². The normalized spacial score (nSPS) is 14.8. The number of nitrogens with one attached hydrogen (secondary N) is 1. The van der Waals surface area contributed by atoms with Crippen LogP contribution in [0.15, 0.2) is 30.6 Å². The van der Waals surface area contributed by atoms with Crippen LogP contribution in [0.2, 0.25) is 10.0 Å². The zero-order valence-electron chi connectivity index (χ0n) is 15.6. The third-order valence-electron chi connectivity index (χ3n) is 4.85. The Balaban J connectivity index is 1.68. The summed E-state index contributed by atoms with van der Waals surface area (Å²) >= 11 is 12.6. The smallest absolute Gasteiger partial charge is 0.321 e. The molecule has 2 amide bonds. The van der Waals surface area contributed by atoms with Crippen molar-refractivity contribution in [3.63, 3.8) is 0 Å². The Bertz CT molecular complexity index is 828. The first-order valence-corrected chi connectivity index (χ1v) is 9.94. The molecule has 0 atom stereocenters. The summed E-state index contributed by atoms with van der Waals surface area (Å²) in [7, 11) is 0. The summed E-state index contributed by atoms with van der Waals surface area (Å²) in [6.07, 6.45) is 5.31. The van der Waals surface area contributed by atoms with Gasteiger partial charge in [0.15, 0.2) is 0 Å². The maximum Gasteiger partial charge on any atom is 0.321 e. The zero-order valence-corrected chi connectivity index (χ0v) is 17.1. The van der Waals surface area contributed by atoms with Crippen molar-refractivity contribution in [2.45, 2.75) is 26.7 Å². The summed E-state index contributed by atoms with van der Waals surface area (Å²) in [6, 6.07) is 5.45. The number of aromatic nitrogens is 1. The summed E-state index contributed by atoms with van der Waals surface area (Å²) < 4.78 is 0. The molecule has 144 valence electrons. The lowest BCUT2D eigenvalue weighted by Crippen LogP contribution is -2.38. The Hall–Kier alpha value is -1.98. The van der Waals surface area contributed by atoms with Crippen molar-refractivity contribution in [3.8, 4) is 0 Å². The number of rotatable bonds is 3. The molecule has 0 unspecified atom stereocenters. The minimum atomic E-state index is -0.103.